The minimum atomic E-state index is -2.74. The van der Waals surface area contributed by atoms with Gasteiger partial charge in [-0.1, -0.05) is 0 Å². The fourth-order valence-corrected chi connectivity index (χ4v) is 4.84. The number of nitrogens with zero attached hydrogens (tertiary/aromatic N) is 2. The molecule has 0 bridgehead atoms. The number of hydrogen-bond donors (Lipinski definition) is 3. The van der Waals surface area contributed by atoms with Gasteiger partial charge in [0.2, 0.25) is 5.92 Å². The van der Waals surface area contributed by atoms with E-state index < -0.39 is 41.1 Å². The minimum Gasteiger partial charge on any atom is -0.465 e. The summed E-state index contributed by atoms with van der Waals surface area (Å²) < 4.78 is 55.1. The number of halogens is 4. The molecule has 2 aromatic rings. The van der Waals surface area contributed by atoms with Gasteiger partial charge in [0, 0.05) is 56.0 Å². The summed E-state index contributed by atoms with van der Waals surface area (Å²) in [6.07, 6.45) is 1.55. The predicted molar refractivity (Wildman–Crippen MR) is 121 cm³/mol. The summed E-state index contributed by atoms with van der Waals surface area (Å²) in [5.41, 5.74) is 0.105. The highest BCUT2D eigenvalue weighted by molar-refractivity contribution is 6.03. The molecule has 2 fully saturated rings. The van der Waals surface area contributed by atoms with Gasteiger partial charge in [0.05, 0.1) is 16.8 Å². The third kappa shape index (κ3) is 5.66. The Kier molecular flexibility index (Phi) is 6.61. The van der Waals surface area contributed by atoms with Crippen molar-refractivity contribution >= 4 is 17.7 Å². The van der Waals surface area contributed by atoms with Crippen LogP contribution in [0.15, 0.2) is 30.6 Å². The zero-order valence-corrected chi connectivity index (χ0v) is 19.1. The molecule has 1 saturated heterocycles. The van der Waals surface area contributed by atoms with Crippen molar-refractivity contribution in [1.82, 2.24) is 15.6 Å². The summed E-state index contributed by atoms with van der Waals surface area (Å²) in [6, 6.07) is 2.54. The number of hydrogen-bond acceptors (Lipinski definition) is 4. The van der Waals surface area contributed by atoms with E-state index in [1.165, 1.54) is 12.4 Å². The highest BCUT2D eigenvalue weighted by Gasteiger charge is 2.39. The smallest absolute Gasteiger partial charge is 0.405 e. The van der Waals surface area contributed by atoms with Crippen molar-refractivity contribution in [2.45, 2.75) is 56.5 Å². The van der Waals surface area contributed by atoms with E-state index >= 15 is 0 Å². The van der Waals surface area contributed by atoms with Crippen LogP contribution in [-0.4, -0.2) is 52.7 Å². The number of carbonyl (C=O) groups is 2. The van der Waals surface area contributed by atoms with Crippen molar-refractivity contribution in [3.63, 3.8) is 0 Å². The highest BCUT2D eigenvalue weighted by atomic mass is 19.3. The lowest BCUT2D eigenvalue weighted by Gasteiger charge is -2.30. The average Bonchev–Trinajstić information content (AvgIpc) is 3.14. The van der Waals surface area contributed by atoms with Crippen LogP contribution in [0.4, 0.5) is 28.0 Å². The van der Waals surface area contributed by atoms with Gasteiger partial charge in [0.25, 0.3) is 5.91 Å². The van der Waals surface area contributed by atoms with Crippen molar-refractivity contribution in [1.29, 1.82) is 0 Å². The first-order valence-corrected chi connectivity index (χ1v) is 11.3. The summed E-state index contributed by atoms with van der Waals surface area (Å²) in [4.78, 5) is 30.4. The van der Waals surface area contributed by atoms with E-state index in [1.807, 2.05) is 0 Å². The molecule has 2 amide bonds. The molecule has 1 aliphatic carbocycles. The number of aromatic nitrogens is 1. The first-order chi connectivity index (χ1) is 16.4. The molecule has 1 atom stereocenters. The number of pyridine rings is 1. The van der Waals surface area contributed by atoms with Crippen LogP contribution in [0.5, 0.6) is 0 Å². The van der Waals surface area contributed by atoms with Gasteiger partial charge in [-0.3, -0.25) is 9.78 Å². The van der Waals surface area contributed by atoms with Crippen molar-refractivity contribution in [3.8, 4) is 11.1 Å². The zero-order valence-electron chi connectivity index (χ0n) is 19.1. The fraction of sp³-hybridized carbons (Fsp3) is 0.458. The molecule has 1 aliphatic heterocycles. The standard InChI is InChI=1S/C24H26F4N4O3/c1-23(31-22(34)35)6-7-32(13-23)20-18(14-8-15(25)10-16(26)9-14)11-29-12-19(20)21(33)30-17-2-4-24(27,28)5-3-17/h8-12,17,31H,2-7,13H2,1H3,(H,30,33)(H,34,35)/t23-/m0/s1. The second-order valence-corrected chi connectivity index (χ2v) is 9.51. The second kappa shape index (κ2) is 9.35. The van der Waals surface area contributed by atoms with Crippen LogP contribution in [0.2, 0.25) is 0 Å². The van der Waals surface area contributed by atoms with Crippen LogP contribution < -0.4 is 15.5 Å². The van der Waals surface area contributed by atoms with Crippen LogP contribution in [0.1, 0.15) is 49.4 Å². The molecular weight excluding hydrogens is 468 g/mol. The van der Waals surface area contributed by atoms with Crippen molar-refractivity contribution in [3.05, 3.63) is 47.8 Å². The lowest BCUT2D eigenvalue weighted by atomic mass is 9.92. The van der Waals surface area contributed by atoms with Gasteiger partial charge >= 0.3 is 6.09 Å². The van der Waals surface area contributed by atoms with Crippen LogP contribution in [0, 0.1) is 11.6 Å². The Hall–Kier alpha value is -3.37. The normalized spacial score (nSPS) is 22.1. The van der Waals surface area contributed by atoms with E-state index in [-0.39, 0.29) is 43.4 Å². The Morgan fingerprint density at radius 3 is 2.37 bits per heavy atom. The van der Waals surface area contributed by atoms with Gasteiger partial charge in [-0.2, -0.15) is 0 Å². The average molecular weight is 494 g/mol. The van der Waals surface area contributed by atoms with E-state index in [4.69, 9.17) is 0 Å². The van der Waals surface area contributed by atoms with Gasteiger partial charge < -0.3 is 20.6 Å². The lowest BCUT2D eigenvalue weighted by Crippen LogP contribution is -2.47. The van der Waals surface area contributed by atoms with Crippen LogP contribution in [0.3, 0.4) is 0 Å². The first kappa shape index (κ1) is 24.7. The van der Waals surface area contributed by atoms with E-state index in [1.54, 1.807) is 11.8 Å². The van der Waals surface area contributed by atoms with Gasteiger partial charge in [-0.15, -0.1) is 0 Å². The third-order valence-electron chi connectivity index (χ3n) is 6.59. The largest absolute Gasteiger partial charge is 0.465 e. The first-order valence-electron chi connectivity index (χ1n) is 11.3. The Morgan fingerprint density at radius 2 is 1.74 bits per heavy atom. The summed E-state index contributed by atoms with van der Waals surface area (Å²) in [6.45, 7) is 2.29. The molecule has 35 heavy (non-hydrogen) atoms. The molecule has 1 aromatic heterocycles. The number of rotatable bonds is 5. The maximum Gasteiger partial charge on any atom is 0.405 e. The van der Waals surface area contributed by atoms with E-state index in [9.17, 15) is 32.3 Å². The van der Waals surface area contributed by atoms with Gasteiger partial charge in [0.1, 0.15) is 11.6 Å². The summed E-state index contributed by atoms with van der Waals surface area (Å²) in [5.74, 6) is -4.89. The molecule has 2 aliphatic rings. The van der Waals surface area contributed by atoms with E-state index in [0.29, 0.717) is 24.2 Å². The van der Waals surface area contributed by atoms with Crippen LogP contribution in [0.25, 0.3) is 11.1 Å². The van der Waals surface area contributed by atoms with Crippen molar-refractivity contribution in [2.75, 3.05) is 18.0 Å². The van der Waals surface area contributed by atoms with E-state index in [0.717, 1.165) is 18.2 Å². The number of alkyl halides is 2. The van der Waals surface area contributed by atoms with Crippen molar-refractivity contribution in [2.24, 2.45) is 0 Å². The molecule has 188 valence electrons. The molecule has 0 spiro atoms. The number of carbonyl (C=O) groups excluding carboxylic acids is 1. The Morgan fingerprint density at radius 1 is 1.09 bits per heavy atom. The quantitative estimate of drug-likeness (QED) is 0.530. The monoisotopic (exact) mass is 494 g/mol. The molecule has 1 aromatic carbocycles. The van der Waals surface area contributed by atoms with Gasteiger partial charge in [-0.25, -0.2) is 22.4 Å². The Bertz CT molecular complexity index is 1120. The molecule has 0 radical (unpaired) electrons. The molecule has 0 unspecified atom stereocenters. The number of anilines is 1. The minimum absolute atomic E-state index is 0.115. The summed E-state index contributed by atoms with van der Waals surface area (Å²) >= 11 is 0. The molecule has 4 rings (SSSR count). The third-order valence-corrected chi connectivity index (χ3v) is 6.59. The van der Waals surface area contributed by atoms with Gasteiger partial charge in [0.15, 0.2) is 0 Å². The highest BCUT2D eigenvalue weighted by Crippen LogP contribution is 2.38. The fourth-order valence-electron chi connectivity index (χ4n) is 4.84. The van der Waals surface area contributed by atoms with Crippen LogP contribution in [-0.2, 0) is 0 Å². The Balaban J connectivity index is 1.71. The second-order valence-electron chi connectivity index (χ2n) is 9.51. The predicted octanol–water partition coefficient (Wildman–Crippen LogP) is 4.57. The van der Waals surface area contributed by atoms with E-state index in [2.05, 4.69) is 15.6 Å². The lowest BCUT2D eigenvalue weighted by molar-refractivity contribution is -0.0399. The maximum atomic E-state index is 14.0. The topological polar surface area (TPSA) is 94.6 Å². The number of carboxylic acid groups (broad SMARTS) is 1. The zero-order chi connectivity index (χ0) is 25.4. The maximum absolute atomic E-state index is 14.0. The molecule has 7 nitrogen and oxygen atoms in total. The Labute approximate surface area is 199 Å². The molecule has 11 heteroatoms. The number of amides is 2. The molecule has 2 heterocycles. The molecular formula is C24H26F4N4O3. The molecule has 1 saturated carbocycles. The SMILES string of the molecule is C[C@]1(NC(=O)O)CCN(c2c(C(=O)NC3CCC(F)(F)CC3)cncc2-c2cc(F)cc(F)c2)C1. The van der Waals surface area contributed by atoms with Crippen LogP contribution >= 0.6 is 0 Å². The number of benzene rings is 1. The summed E-state index contributed by atoms with van der Waals surface area (Å²) in [7, 11) is 0. The number of nitrogens with one attached hydrogen (secondary N) is 2. The molecule has 3 N–H and O–H groups in total. The van der Waals surface area contributed by atoms with Gasteiger partial charge in [-0.05, 0) is 43.9 Å². The summed E-state index contributed by atoms with van der Waals surface area (Å²) in [5, 5.41) is 14.5. The van der Waals surface area contributed by atoms with Crippen molar-refractivity contribution < 1.29 is 32.3 Å².